The molecule has 86 valence electrons. The van der Waals surface area contributed by atoms with Crippen molar-refractivity contribution in [3.05, 3.63) is 23.2 Å². The molecule has 2 heterocycles. The number of fused-ring (bicyclic) bond motifs is 1. The Morgan fingerprint density at radius 3 is 2.88 bits per heavy atom. The zero-order valence-corrected chi connectivity index (χ0v) is 9.16. The molecule has 0 saturated heterocycles. The molecular weight excluding hydrogens is 210 g/mol. The first-order chi connectivity index (χ1) is 7.41. The first-order valence-corrected chi connectivity index (χ1v) is 5.02. The quantitative estimate of drug-likeness (QED) is 0.751. The minimum Gasteiger partial charge on any atom is -0.478 e. The molecule has 0 unspecified atom stereocenters. The lowest BCUT2D eigenvalue weighted by Crippen LogP contribution is -2.32. The first-order valence-electron chi connectivity index (χ1n) is 5.02. The molecule has 1 aromatic heterocycles. The van der Waals surface area contributed by atoms with E-state index in [-0.39, 0.29) is 22.4 Å². The first kappa shape index (κ1) is 10.7. The molecule has 0 radical (unpaired) electrons. The van der Waals surface area contributed by atoms with Crippen LogP contribution in [0.25, 0.3) is 0 Å². The molecular formula is C11H13NO4. The molecule has 16 heavy (non-hydrogen) atoms. The number of carboxylic acid groups (broad SMARTS) is 1. The summed E-state index contributed by atoms with van der Waals surface area (Å²) < 4.78 is 5.19. The van der Waals surface area contributed by atoms with E-state index in [0.717, 1.165) is 6.26 Å². The summed E-state index contributed by atoms with van der Waals surface area (Å²) >= 11 is 0. The highest BCUT2D eigenvalue weighted by atomic mass is 16.4. The summed E-state index contributed by atoms with van der Waals surface area (Å²) in [5, 5.41) is 11.6. The molecule has 1 aliphatic rings. The summed E-state index contributed by atoms with van der Waals surface area (Å²) in [5.74, 6) is -1.05. The minimum atomic E-state index is -1.14. The summed E-state index contributed by atoms with van der Waals surface area (Å²) in [6.45, 7) is 4.49. The number of carbonyl (C=O) groups is 2. The van der Waals surface area contributed by atoms with Gasteiger partial charge in [0.1, 0.15) is 17.6 Å². The second-order valence-electron chi connectivity index (χ2n) is 4.78. The van der Waals surface area contributed by atoms with E-state index in [1.54, 1.807) is 0 Å². The fraction of sp³-hybridized carbons (Fsp3) is 0.455. The van der Waals surface area contributed by atoms with Gasteiger partial charge in [-0.1, -0.05) is 13.8 Å². The van der Waals surface area contributed by atoms with Crippen molar-refractivity contribution in [1.82, 2.24) is 5.32 Å². The van der Waals surface area contributed by atoms with Gasteiger partial charge in [0.05, 0.1) is 5.56 Å². The van der Waals surface area contributed by atoms with E-state index in [1.165, 1.54) is 0 Å². The topological polar surface area (TPSA) is 79.5 Å². The van der Waals surface area contributed by atoms with Crippen LogP contribution in [0, 0.1) is 5.41 Å². The van der Waals surface area contributed by atoms with Crippen molar-refractivity contribution < 1.29 is 19.1 Å². The highest BCUT2D eigenvalue weighted by Crippen LogP contribution is 2.29. The second-order valence-corrected chi connectivity index (χ2v) is 4.78. The lowest BCUT2D eigenvalue weighted by atomic mass is 9.88. The number of amides is 1. The summed E-state index contributed by atoms with van der Waals surface area (Å²) in [7, 11) is 0. The number of nitrogens with one attached hydrogen (secondary N) is 1. The summed E-state index contributed by atoms with van der Waals surface area (Å²) in [4.78, 5) is 22.7. The monoisotopic (exact) mass is 223 g/mol. The Morgan fingerprint density at radius 2 is 2.25 bits per heavy atom. The maximum Gasteiger partial charge on any atom is 0.339 e. The number of rotatable bonds is 1. The fourth-order valence-electron chi connectivity index (χ4n) is 1.84. The van der Waals surface area contributed by atoms with Gasteiger partial charge in [0, 0.05) is 13.0 Å². The van der Waals surface area contributed by atoms with Gasteiger partial charge in [0.15, 0.2) is 0 Å². The highest BCUT2D eigenvalue weighted by molar-refractivity contribution is 6.05. The van der Waals surface area contributed by atoms with Crippen molar-refractivity contribution in [2.45, 2.75) is 20.3 Å². The van der Waals surface area contributed by atoms with E-state index in [9.17, 15) is 9.59 Å². The Labute approximate surface area is 92.4 Å². The largest absolute Gasteiger partial charge is 0.478 e. The SMILES string of the molecule is CC1(C)CNC(=O)c2c(C(=O)O)coc2C1. The summed E-state index contributed by atoms with van der Waals surface area (Å²) in [5.41, 5.74) is -0.0302. The van der Waals surface area contributed by atoms with Gasteiger partial charge in [-0.15, -0.1) is 0 Å². The second kappa shape index (κ2) is 3.37. The number of carbonyl (C=O) groups excluding carboxylic acids is 1. The molecule has 2 N–H and O–H groups in total. The number of carboxylic acids is 1. The van der Waals surface area contributed by atoms with E-state index >= 15 is 0 Å². The van der Waals surface area contributed by atoms with Crippen molar-refractivity contribution in [3.63, 3.8) is 0 Å². The van der Waals surface area contributed by atoms with E-state index in [2.05, 4.69) is 5.32 Å². The lowest BCUT2D eigenvalue weighted by Gasteiger charge is -2.20. The Bertz CT molecular complexity index is 459. The molecule has 0 bridgehead atoms. The molecule has 5 heteroatoms. The molecule has 0 atom stereocenters. The number of aromatic carboxylic acids is 1. The maximum absolute atomic E-state index is 11.7. The van der Waals surface area contributed by atoms with Crippen LogP contribution in [0.3, 0.4) is 0 Å². The van der Waals surface area contributed by atoms with Gasteiger partial charge in [-0.05, 0) is 5.41 Å². The van der Waals surface area contributed by atoms with Gasteiger partial charge >= 0.3 is 5.97 Å². The Kier molecular flexibility index (Phi) is 2.26. The molecule has 0 spiro atoms. The minimum absolute atomic E-state index is 0.0646. The third kappa shape index (κ3) is 1.68. The fourth-order valence-corrected chi connectivity index (χ4v) is 1.84. The van der Waals surface area contributed by atoms with Gasteiger partial charge in [0.2, 0.25) is 0 Å². The number of furan rings is 1. The van der Waals surface area contributed by atoms with E-state index in [1.807, 2.05) is 13.8 Å². The third-order valence-electron chi connectivity index (χ3n) is 2.69. The molecule has 0 aromatic carbocycles. The van der Waals surface area contributed by atoms with E-state index in [4.69, 9.17) is 9.52 Å². The zero-order chi connectivity index (χ0) is 11.9. The van der Waals surface area contributed by atoms with Crippen LogP contribution in [0.15, 0.2) is 10.7 Å². The van der Waals surface area contributed by atoms with E-state index < -0.39 is 5.97 Å². The van der Waals surface area contributed by atoms with Crippen LogP contribution >= 0.6 is 0 Å². The average Bonchev–Trinajstić information content (AvgIpc) is 2.53. The summed E-state index contributed by atoms with van der Waals surface area (Å²) in [6, 6.07) is 0. The Hall–Kier alpha value is -1.78. The van der Waals surface area contributed by atoms with Crippen molar-refractivity contribution in [2.75, 3.05) is 6.54 Å². The summed E-state index contributed by atoms with van der Waals surface area (Å²) in [6.07, 6.45) is 1.68. The Balaban J connectivity index is 2.52. The molecule has 5 nitrogen and oxygen atoms in total. The molecule has 0 aliphatic carbocycles. The van der Waals surface area contributed by atoms with Crippen LogP contribution in [-0.4, -0.2) is 23.5 Å². The number of hydrogen-bond donors (Lipinski definition) is 2. The van der Waals surface area contributed by atoms with Crippen molar-refractivity contribution >= 4 is 11.9 Å². The molecule has 0 saturated carbocycles. The van der Waals surface area contributed by atoms with Gasteiger partial charge in [0.25, 0.3) is 5.91 Å². The smallest absolute Gasteiger partial charge is 0.339 e. The molecule has 2 rings (SSSR count). The zero-order valence-electron chi connectivity index (χ0n) is 9.16. The highest BCUT2D eigenvalue weighted by Gasteiger charge is 2.33. The predicted octanol–water partition coefficient (Wildman–Crippen LogP) is 1.29. The van der Waals surface area contributed by atoms with Gasteiger partial charge in [-0.2, -0.15) is 0 Å². The van der Waals surface area contributed by atoms with Crippen LogP contribution < -0.4 is 5.32 Å². The van der Waals surface area contributed by atoms with Crippen LogP contribution in [0.5, 0.6) is 0 Å². The van der Waals surface area contributed by atoms with Crippen molar-refractivity contribution in [1.29, 1.82) is 0 Å². The van der Waals surface area contributed by atoms with Gasteiger partial charge < -0.3 is 14.8 Å². The molecule has 1 aromatic rings. The van der Waals surface area contributed by atoms with Crippen LogP contribution in [0.1, 0.15) is 40.3 Å². The average molecular weight is 223 g/mol. The van der Waals surface area contributed by atoms with Crippen molar-refractivity contribution in [3.8, 4) is 0 Å². The van der Waals surface area contributed by atoms with Crippen molar-refractivity contribution in [2.24, 2.45) is 5.41 Å². The third-order valence-corrected chi connectivity index (χ3v) is 2.69. The molecule has 1 aliphatic heterocycles. The van der Waals surface area contributed by atoms with E-state index in [0.29, 0.717) is 18.7 Å². The van der Waals surface area contributed by atoms with Crippen LogP contribution in [0.2, 0.25) is 0 Å². The van der Waals surface area contributed by atoms with Crippen LogP contribution in [0.4, 0.5) is 0 Å². The molecule has 1 amide bonds. The standard InChI is InChI=1S/C11H13NO4/c1-11(2)3-7-8(9(13)12-5-11)6(4-16-7)10(14)15/h4H,3,5H2,1-2H3,(H,12,13)(H,14,15). The van der Waals surface area contributed by atoms with Crippen LogP contribution in [-0.2, 0) is 6.42 Å². The maximum atomic E-state index is 11.7. The Morgan fingerprint density at radius 1 is 1.56 bits per heavy atom. The van der Waals surface area contributed by atoms with Gasteiger partial charge in [-0.25, -0.2) is 4.79 Å². The lowest BCUT2D eigenvalue weighted by molar-refractivity contribution is 0.0690. The number of hydrogen-bond acceptors (Lipinski definition) is 3. The molecule has 0 fully saturated rings. The normalized spacial score (nSPS) is 18.5. The van der Waals surface area contributed by atoms with Gasteiger partial charge in [-0.3, -0.25) is 4.79 Å². The predicted molar refractivity (Wildman–Crippen MR) is 55.5 cm³/mol.